The van der Waals surface area contributed by atoms with Crippen molar-refractivity contribution >= 4 is 39.4 Å². The van der Waals surface area contributed by atoms with E-state index in [0.717, 1.165) is 13.1 Å². The van der Waals surface area contributed by atoms with Crippen LogP contribution in [-0.2, 0) is 7.05 Å². The molecule has 4 aromatic rings. The van der Waals surface area contributed by atoms with Gasteiger partial charge >= 0.3 is 0 Å². The van der Waals surface area contributed by atoms with Crippen LogP contribution in [0.25, 0.3) is 33.7 Å². The summed E-state index contributed by atoms with van der Waals surface area (Å²) in [5, 5.41) is 5.16. The molecule has 0 radical (unpaired) electrons. The number of hydrogen-bond donors (Lipinski definition) is 0. The number of nitrogens with zero attached hydrogens (tertiary/aromatic N) is 2. The van der Waals surface area contributed by atoms with Crippen molar-refractivity contribution in [1.29, 1.82) is 0 Å². The van der Waals surface area contributed by atoms with Gasteiger partial charge in [0.25, 0.3) is 0 Å². The van der Waals surface area contributed by atoms with E-state index < -0.39 is 0 Å². The van der Waals surface area contributed by atoms with Gasteiger partial charge in [-0.3, -0.25) is 0 Å². The number of unbranched alkanes of at least 4 members (excludes halogenated alkanes) is 2. The van der Waals surface area contributed by atoms with Crippen LogP contribution in [-0.4, -0.2) is 13.1 Å². The molecule has 1 aromatic heterocycles. The average molecular weight is 424 g/mol. The highest BCUT2D eigenvalue weighted by Crippen LogP contribution is 2.25. The lowest BCUT2D eigenvalue weighted by Crippen LogP contribution is -2.26. The molecule has 32 heavy (non-hydrogen) atoms. The maximum Gasteiger partial charge on any atom is 0.176 e. The van der Waals surface area contributed by atoms with Crippen molar-refractivity contribution in [1.82, 2.24) is 0 Å². The van der Waals surface area contributed by atoms with Crippen molar-refractivity contribution in [2.45, 2.75) is 39.5 Å². The topological polar surface area (TPSA) is 7.12 Å². The zero-order valence-electron chi connectivity index (χ0n) is 19.7. The van der Waals surface area contributed by atoms with Gasteiger partial charge in [0.05, 0.1) is 0 Å². The summed E-state index contributed by atoms with van der Waals surface area (Å²) in [6.45, 7) is 6.83. The number of anilines is 1. The lowest BCUT2D eigenvalue weighted by Gasteiger charge is -2.25. The smallest absolute Gasteiger partial charge is 0.176 e. The van der Waals surface area contributed by atoms with E-state index in [1.165, 1.54) is 64.0 Å². The van der Waals surface area contributed by atoms with Crippen molar-refractivity contribution in [3.63, 3.8) is 0 Å². The average Bonchev–Trinajstić information content (AvgIpc) is 2.82. The van der Waals surface area contributed by atoms with E-state index in [9.17, 15) is 0 Å². The quantitative estimate of drug-likeness (QED) is 0.254. The molecule has 0 saturated heterocycles. The second-order valence-electron chi connectivity index (χ2n) is 8.78. The van der Waals surface area contributed by atoms with Crippen LogP contribution in [0, 0.1) is 0 Å². The Morgan fingerprint density at radius 1 is 0.750 bits per heavy atom. The van der Waals surface area contributed by atoms with Crippen LogP contribution >= 0.6 is 0 Å². The minimum Gasteiger partial charge on any atom is -0.372 e. The van der Waals surface area contributed by atoms with Crippen molar-refractivity contribution in [3.05, 3.63) is 84.2 Å². The predicted octanol–water partition coefficient (Wildman–Crippen LogP) is 7.39. The summed E-state index contributed by atoms with van der Waals surface area (Å²) in [4.78, 5) is 2.56. The zero-order valence-corrected chi connectivity index (χ0v) is 19.7. The normalized spacial score (nSPS) is 11.6. The summed E-state index contributed by atoms with van der Waals surface area (Å²) in [5.74, 6) is 0. The summed E-state index contributed by atoms with van der Waals surface area (Å²) in [6.07, 6.45) is 13.8. The Morgan fingerprint density at radius 2 is 1.47 bits per heavy atom. The molecule has 1 heterocycles. The standard InChI is InChI=1S/C30H35N2/c1-4-6-18-32(19-7-5-2)29-17-16-25-20-24(12-14-26(25)21-29)13-15-28-23-31(3)22-27-10-8-9-11-30(27)28/h8-17,20-23H,4-7,18-19H2,1-3H3/q+1. The highest BCUT2D eigenvalue weighted by atomic mass is 15.1. The molecule has 0 saturated carbocycles. The number of fused-ring (bicyclic) bond motifs is 2. The fraction of sp³-hybridized carbons (Fsp3) is 0.300. The van der Waals surface area contributed by atoms with Crippen LogP contribution < -0.4 is 9.47 Å². The Balaban J connectivity index is 1.60. The molecule has 0 bridgehead atoms. The first-order valence-electron chi connectivity index (χ1n) is 12.0. The molecule has 0 aliphatic carbocycles. The van der Waals surface area contributed by atoms with Gasteiger partial charge in [-0.2, -0.15) is 0 Å². The summed E-state index contributed by atoms with van der Waals surface area (Å²) >= 11 is 0. The first-order chi connectivity index (χ1) is 15.7. The van der Waals surface area contributed by atoms with E-state index in [0.29, 0.717) is 0 Å². The van der Waals surface area contributed by atoms with E-state index in [2.05, 4.69) is 116 Å². The largest absolute Gasteiger partial charge is 0.372 e. The van der Waals surface area contributed by atoms with E-state index in [4.69, 9.17) is 0 Å². The summed E-state index contributed by atoms with van der Waals surface area (Å²) < 4.78 is 2.13. The molecule has 0 spiro atoms. The second-order valence-corrected chi connectivity index (χ2v) is 8.78. The molecule has 2 nitrogen and oxygen atoms in total. The molecule has 4 rings (SSSR count). The monoisotopic (exact) mass is 423 g/mol. The first kappa shape index (κ1) is 22.1. The number of aryl methyl sites for hydroxylation is 1. The van der Waals surface area contributed by atoms with Gasteiger partial charge in [0.2, 0.25) is 0 Å². The summed E-state index contributed by atoms with van der Waals surface area (Å²) in [7, 11) is 2.09. The lowest BCUT2D eigenvalue weighted by atomic mass is 10.0. The summed E-state index contributed by atoms with van der Waals surface area (Å²) in [6, 6.07) is 22.3. The second kappa shape index (κ2) is 10.5. The van der Waals surface area contributed by atoms with Crippen LogP contribution in [0.3, 0.4) is 0 Å². The van der Waals surface area contributed by atoms with Gasteiger partial charge in [-0.05, 0) is 59.5 Å². The molecule has 0 unspecified atom stereocenters. The Morgan fingerprint density at radius 3 is 2.25 bits per heavy atom. The SMILES string of the molecule is CCCCN(CCCC)c1ccc2cc(C=Cc3c[n+](C)cc4ccccc34)ccc2c1. The third kappa shape index (κ3) is 5.19. The molecular formula is C30H35N2+. The van der Waals surface area contributed by atoms with Gasteiger partial charge in [0.1, 0.15) is 7.05 Å². The molecule has 2 heteroatoms. The molecular weight excluding hydrogens is 388 g/mol. The molecule has 164 valence electrons. The van der Waals surface area contributed by atoms with Gasteiger partial charge in [-0.15, -0.1) is 0 Å². The van der Waals surface area contributed by atoms with E-state index in [1.54, 1.807) is 0 Å². The van der Waals surface area contributed by atoms with Gasteiger partial charge in [0.15, 0.2) is 12.4 Å². The van der Waals surface area contributed by atoms with Crippen molar-refractivity contribution in [2.75, 3.05) is 18.0 Å². The van der Waals surface area contributed by atoms with Crippen molar-refractivity contribution < 1.29 is 4.57 Å². The number of rotatable bonds is 9. The Kier molecular flexibility index (Phi) is 7.21. The maximum absolute atomic E-state index is 2.56. The van der Waals surface area contributed by atoms with E-state index in [1.807, 2.05) is 0 Å². The van der Waals surface area contributed by atoms with Gasteiger partial charge < -0.3 is 4.90 Å². The number of pyridine rings is 1. The first-order valence-corrected chi connectivity index (χ1v) is 12.0. The minimum absolute atomic E-state index is 1.14. The van der Waals surface area contributed by atoms with Gasteiger partial charge in [-0.1, -0.05) is 69.2 Å². The zero-order chi connectivity index (χ0) is 22.3. The number of aromatic nitrogens is 1. The fourth-order valence-electron chi connectivity index (χ4n) is 4.36. The Bertz CT molecular complexity index is 1210. The molecule has 0 aliphatic rings. The van der Waals surface area contributed by atoms with E-state index in [-0.39, 0.29) is 0 Å². The highest BCUT2D eigenvalue weighted by molar-refractivity contribution is 5.93. The van der Waals surface area contributed by atoms with E-state index >= 15 is 0 Å². The molecule has 3 aromatic carbocycles. The van der Waals surface area contributed by atoms with Crippen LogP contribution in [0.2, 0.25) is 0 Å². The van der Waals surface area contributed by atoms with Crippen LogP contribution in [0.4, 0.5) is 5.69 Å². The molecule has 0 amide bonds. The molecule has 0 aliphatic heterocycles. The molecule has 0 fully saturated rings. The third-order valence-electron chi connectivity index (χ3n) is 6.19. The van der Waals surface area contributed by atoms with Crippen LogP contribution in [0.1, 0.15) is 50.7 Å². The van der Waals surface area contributed by atoms with Gasteiger partial charge in [-0.25, -0.2) is 4.57 Å². The number of benzene rings is 3. The Labute approximate surface area is 192 Å². The van der Waals surface area contributed by atoms with Gasteiger partial charge in [0, 0.05) is 35.1 Å². The molecule has 0 atom stereocenters. The van der Waals surface area contributed by atoms with Crippen LogP contribution in [0.5, 0.6) is 0 Å². The molecule has 0 N–H and O–H groups in total. The van der Waals surface area contributed by atoms with Crippen molar-refractivity contribution in [3.8, 4) is 0 Å². The lowest BCUT2D eigenvalue weighted by molar-refractivity contribution is -0.670. The summed E-state index contributed by atoms with van der Waals surface area (Å²) in [5.41, 5.74) is 3.82. The van der Waals surface area contributed by atoms with Crippen molar-refractivity contribution in [2.24, 2.45) is 7.05 Å². The highest BCUT2D eigenvalue weighted by Gasteiger charge is 2.07. The number of hydrogen-bond acceptors (Lipinski definition) is 1. The third-order valence-corrected chi connectivity index (χ3v) is 6.19. The van der Waals surface area contributed by atoms with Crippen LogP contribution in [0.15, 0.2) is 73.1 Å². The minimum atomic E-state index is 1.14. The fourth-order valence-corrected chi connectivity index (χ4v) is 4.36. The maximum atomic E-state index is 2.56. The predicted molar refractivity (Wildman–Crippen MR) is 140 cm³/mol. The Hall–Kier alpha value is -3.13.